The maximum Gasteiger partial charge on any atom is 0.522 e. The van der Waals surface area contributed by atoms with Crippen LogP contribution in [0.15, 0.2) is 0 Å². The minimum atomic E-state index is -5.84. The highest BCUT2D eigenvalue weighted by molar-refractivity contribution is 7.86. The number of nitrogens with two attached hydrogens (primary N) is 2. The van der Waals surface area contributed by atoms with Gasteiger partial charge in [-0.05, 0) is 32.2 Å². The molecule has 0 amide bonds. The van der Waals surface area contributed by atoms with E-state index >= 15 is 0 Å². The van der Waals surface area contributed by atoms with Gasteiger partial charge in [-0.15, -0.1) is 0 Å². The Hall–Kier alpha value is -0.420. The molecule has 0 aliphatic carbocycles. The molecule has 0 aliphatic rings. The number of halogens is 3. The molecule has 0 aromatic heterocycles. The van der Waals surface area contributed by atoms with Gasteiger partial charge < -0.3 is 16.6 Å². The van der Waals surface area contributed by atoms with Crippen molar-refractivity contribution in [3.63, 3.8) is 0 Å². The SMILES string of the molecule is NCCCC(N)CCCO.O=S(=O)(O)C(F)(F)F. The fraction of sp³-hybridized carbons (Fsp3) is 1.00. The van der Waals surface area contributed by atoms with Crippen LogP contribution in [0, 0.1) is 0 Å². The largest absolute Gasteiger partial charge is 0.522 e. The van der Waals surface area contributed by atoms with Crippen molar-refractivity contribution in [2.45, 2.75) is 37.2 Å². The van der Waals surface area contributed by atoms with Crippen molar-refractivity contribution in [3.8, 4) is 0 Å². The van der Waals surface area contributed by atoms with Crippen LogP contribution in [0.1, 0.15) is 25.7 Å². The van der Waals surface area contributed by atoms with Crippen LogP contribution in [0.25, 0.3) is 0 Å². The highest BCUT2D eigenvalue weighted by atomic mass is 32.2. The van der Waals surface area contributed by atoms with E-state index in [2.05, 4.69) is 0 Å². The molecule has 18 heavy (non-hydrogen) atoms. The first kappa shape index (κ1) is 19.9. The third kappa shape index (κ3) is 12.0. The zero-order valence-corrected chi connectivity index (χ0v) is 10.5. The van der Waals surface area contributed by atoms with Gasteiger partial charge in [0.25, 0.3) is 0 Å². The van der Waals surface area contributed by atoms with Crippen LogP contribution >= 0.6 is 0 Å². The molecule has 0 rings (SSSR count). The van der Waals surface area contributed by atoms with Gasteiger partial charge in [0.2, 0.25) is 0 Å². The third-order valence-corrected chi connectivity index (χ3v) is 2.39. The van der Waals surface area contributed by atoms with Crippen molar-refractivity contribution in [2.75, 3.05) is 13.2 Å². The smallest absolute Gasteiger partial charge is 0.396 e. The Bertz CT molecular complexity index is 287. The Balaban J connectivity index is 0. The van der Waals surface area contributed by atoms with E-state index in [1.807, 2.05) is 0 Å². The Morgan fingerprint density at radius 3 is 1.83 bits per heavy atom. The van der Waals surface area contributed by atoms with Crippen LogP contribution in [0.5, 0.6) is 0 Å². The number of aliphatic hydroxyl groups is 1. The molecule has 0 fully saturated rings. The van der Waals surface area contributed by atoms with E-state index in [1.165, 1.54) is 0 Å². The number of aliphatic hydroxyl groups excluding tert-OH is 1. The summed E-state index contributed by atoms with van der Waals surface area (Å²) in [6, 6.07) is 0.232. The maximum absolute atomic E-state index is 10.7. The lowest BCUT2D eigenvalue weighted by molar-refractivity contribution is -0.0510. The lowest BCUT2D eigenvalue weighted by atomic mass is 10.1. The number of rotatable bonds is 6. The predicted octanol–water partition coefficient (Wildman–Crippen LogP) is 0.219. The van der Waals surface area contributed by atoms with Gasteiger partial charge in [-0.25, -0.2) is 0 Å². The first-order valence-corrected chi connectivity index (χ1v) is 6.60. The molecule has 0 bridgehead atoms. The summed E-state index contributed by atoms with van der Waals surface area (Å²) in [7, 11) is -5.84. The highest BCUT2D eigenvalue weighted by Crippen LogP contribution is 2.20. The van der Waals surface area contributed by atoms with Crippen LogP contribution in [0.4, 0.5) is 13.2 Å². The van der Waals surface area contributed by atoms with Crippen LogP contribution in [0.2, 0.25) is 0 Å². The van der Waals surface area contributed by atoms with E-state index in [0.29, 0.717) is 6.54 Å². The van der Waals surface area contributed by atoms with Gasteiger partial charge in [0.05, 0.1) is 0 Å². The molecule has 0 heterocycles. The zero-order valence-electron chi connectivity index (χ0n) is 9.73. The Morgan fingerprint density at radius 2 is 1.56 bits per heavy atom. The van der Waals surface area contributed by atoms with Gasteiger partial charge in [0, 0.05) is 12.6 Å². The minimum Gasteiger partial charge on any atom is -0.396 e. The topological polar surface area (TPSA) is 127 Å². The molecule has 1 unspecified atom stereocenters. The second-order valence-electron chi connectivity index (χ2n) is 3.48. The molecule has 112 valence electrons. The second kappa shape index (κ2) is 9.50. The van der Waals surface area contributed by atoms with E-state index in [9.17, 15) is 13.2 Å². The summed E-state index contributed by atoms with van der Waals surface area (Å²) in [5, 5.41) is 8.46. The van der Waals surface area contributed by atoms with E-state index < -0.39 is 15.6 Å². The van der Waals surface area contributed by atoms with Gasteiger partial charge in [0.1, 0.15) is 0 Å². The maximum atomic E-state index is 10.7. The number of hydrogen-bond acceptors (Lipinski definition) is 5. The predicted molar refractivity (Wildman–Crippen MR) is 60.2 cm³/mol. The lowest BCUT2D eigenvalue weighted by Gasteiger charge is -2.08. The third-order valence-electron chi connectivity index (χ3n) is 1.80. The molecule has 6 nitrogen and oxygen atoms in total. The van der Waals surface area contributed by atoms with E-state index in [0.717, 1.165) is 25.7 Å². The van der Waals surface area contributed by atoms with Gasteiger partial charge in [-0.3, -0.25) is 4.55 Å². The molecule has 0 saturated heterocycles. The molecule has 0 aromatic rings. The number of hydrogen-bond donors (Lipinski definition) is 4. The Morgan fingerprint density at radius 1 is 1.17 bits per heavy atom. The summed E-state index contributed by atoms with van der Waals surface area (Å²) in [5.74, 6) is 0. The molecular formula is C8H19F3N2O4S. The Labute approximate surface area is 104 Å². The van der Waals surface area contributed by atoms with Crippen molar-refractivity contribution in [1.82, 2.24) is 0 Å². The molecule has 10 heteroatoms. The molecule has 6 N–H and O–H groups in total. The first-order chi connectivity index (χ1) is 8.06. The summed E-state index contributed by atoms with van der Waals surface area (Å²) in [6.07, 6.45) is 3.70. The second-order valence-corrected chi connectivity index (χ2v) is 4.89. The van der Waals surface area contributed by atoms with Crippen molar-refractivity contribution < 1.29 is 31.2 Å². The molecular weight excluding hydrogens is 277 g/mol. The van der Waals surface area contributed by atoms with Crippen molar-refractivity contribution in [3.05, 3.63) is 0 Å². The van der Waals surface area contributed by atoms with Gasteiger partial charge in [0.15, 0.2) is 0 Å². The summed E-state index contributed by atoms with van der Waals surface area (Å²) >= 11 is 0. The van der Waals surface area contributed by atoms with E-state index in [1.54, 1.807) is 0 Å². The number of alkyl halides is 3. The van der Waals surface area contributed by atoms with Gasteiger partial charge in [-0.1, -0.05) is 0 Å². The fourth-order valence-corrected chi connectivity index (χ4v) is 0.878. The molecule has 0 spiro atoms. The molecule has 0 radical (unpaired) electrons. The lowest BCUT2D eigenvalue weighted by Crippen LogP contribution is -2.21. The monoisotopic (exact) mass is 296 g/mol. The van der Waals surface area contributed by atoms with Crippen LogP contribution in [0.3, 0.4) is 0 Å². The van der Waals surface area contributed by atoms with Crippen molar-refractivity contribution in [1.29, 1.82) is 0 Å². The summed E-state index contributed by atoms with van der Waals surface area (Å²) in [4.78, 5) is 0. The average molecular weight is 296 g/mol. The molecule has 0 saturated carbocycles. The van der Waals surface area contributed by atoms with Crippen LogP contribution in [-0.2, 0) is 10.1 Å². The van der Waals surface area contributed by atoms with Gasteiger partial charge in [-0.2, -0.15) is 21.6 Å². The average Bonchev–Trinajstić information content (AvgIpc) is 2.21. The molecule has 1 atom stereocenters. The summed E-state index contributed by atoms with van der Waals surface area (Å²) in [6.45, 7) is 0.961. The fourth-order valence-electron chi connectivity index (χ4n) is 0.878. The Kier molecular flexibility index (Phi) is 10.5. The van der Waals surface area contributed by atoms with Crippen LogP contribution in [-0.4, -0.2) is 42.8 Å². The quantitative estimate of drug-likeness (QED) is 0.410. The standard InChI is InChI=1S/C7H18N2O.CHF3O3S/c8-5-1-3-7(9)4-2-6-10;2-1(3,4)8(5,6)7/h7,10H,1-6,8-9H2;(H,5,6,7). The first-order valence-electron chi connectivity index (χ1n) is 5.16. The highest BCUT2D eigenvalue weighted by Gasteiger charge is 2.44. The zero-order chi connectivity index (χ0) is 14.8. The van der Waals surface area contributed by atoms with E-state index in [-0.39, 0.29) is 12.6 Å². The van der Waals surface area contributed by atoms with Crippen molar-refractivity contribution in [2.24, 2.45) is 11.5 Å². The molecule has 0 aliphatic heterocycles. The van der Waals surface area contributed by atoms with E-state index in [4.69, 9.17) is 29.5 Å². The van der Waals surface area contributed by atoms with Crippen molar-refractivity contribution >= 4 is 10.1 Å². The summed E-state index contributed by atoms with van der Waals surface area (Å²) < 4.78 is 57.5. The normalized spacial score (nSPS) is 13.7. The molecule has 0 aromatic carbocycles. The summed E-state index contributed by atoms with van der Waals surface area (Å²) in [5.41, 5.74) is 5.44. The minimum absolute atomic E-state index is 0.232. The van der Waals surface area contributed by atoms with Crippen LogP contribution < -0.4 is 11.5 Å². The van der Waals surface area contributed by atoms with Gasteiger partial charge >= 0.3 is 15.6 Å².